The molecule has 6 nitrogen and oxygen atoms in total. The van der Waals surface area contributed by atoms with Gasteiger partial charge in [0.25, 0.3) is 11.8 Å². The number of nitrogens with zero attached hydrogens (tertiary/aromatic N) is 1. The summed E-state index contributed by atoms with van der Waals surface area (Å²) in [6.07, 6.45) is -0.578. The fourth-order valence-corrected chi connectivity index (χ4v) is 8.66. The number of carbonyl (C=O) groups excluding carboxylic acids is 1. The van der Waals surface area contributed by atoms with Gasteiger partial charge in [0.1, 0.15) is 29.1 Å². The lowest BCUT2D eigenvalue weighted by atomic mass is 9.88. The number of hydrogen-bond acceptors (Lipinski definition) is 5. The molecular formula is C35H30F4N2O4S. The molecular weight excluding hydrogens is 620 g/mol. The fourth-order valence-electron chi connectivity index (χ4n) is 6.30. The minimum atomic E-state index is -4.26. The van der Waals surface area contributed by atoms with Crippen LogP contribution in [0.3, 0.4) is 0 Å². The maximum atomic E-state index is 16.3. The van der Waals surface area contributed by atoms with E-state index in [2.05, 4.69) is 5.32 Å². The molecule has 2 heterocycles. The Balaban J connectivity index is 1.60. The highest BCUT2D eigenvalue weighted by atomic mass is 32.2. The van der Waals surface area contributed by atoms with Crippen molar-refractivity contribution in [3.05, 3.63) is 135 Å². The normalized spacial score (nSPS) is 18.7. The average Bonchev–Trinajstić information content (AvgIpc) is 3.12. The Bertz CT molecular complexity index is 2000. The molecule has 4 aromatic rings. The largest absolute Gasteiger partial charge is 0.506 e. The van der Waals surface area contributed by atoms with Gasteiger partial charge in [0.2, 0.25) is 0 Å². The Morgan fingerprint density at radius 2 is 1.65 bits per heavy atom. The number of aromatic hydroxyl groups is 1. The molecule has 2 N–H and O–H groups in total. The lowest BCUT2D eigenvalue weighted by Gasteiger charge is -2.37. The highest BCUT2D eigenvalue weighted by Crippen LogP contribution is 2.52. The summed E-state index contributed by atoms with van der Waals surface area (Å²) in [6, 6.07) is 18.1. The first-order valence-electron chi connectivity index (χ1n) is 14.5. The first kappa shape index (κ1) is 31.3. The zero-order valence-electron chi connectivity index (χ0n) is 24.9. The van der Waals surface area contributed by atoms with Gasteiger partial charge >= 0.3 is 0 Å². The number of fused-ring (bicyclic) bond motifs is 1. The van der Waals surface area contributed by atoms with Crippen molar-refractivity contribution in [1.29, 1.82) is 0 Å². The van der Waals surface area contributed by atoms with Crippen LogP contribution in [0.15, 0.2) is 102 Å². The van der Waals surface area contributed by atoms with Crippen molar-refractivity contribution in [2.75, 3.05) is 16.0 Å². The first-order valence-corrected chi connectivity index (χ1v) is 16.2. The Morgan fingerprint density at radius 1 is 0.957 bits per heavy atom. The molecule has 0 spiro atoms. The number of carbonyl (C=O) groups is 1. The van der Waals surface area contributed by atoms with E-state index >= 15 is 17.6 Å². The number of nitrogens with one attached hydrogen (secondary N) is 1. The quantitative estimate of drug-likeness (QED) is 0.170. The van der Waals surface area contributed by atoms with Crippen molar-refractivity contribution in [3.63, 3.8) is 0 Å². The number of hydrogen-bond donors (Lipinski definition) is 2. The second-order valence-electron chi connectivity index (χ2n) is 12.4. The van der Waals surface area contributed by atoms with E-state index in [9.17, 15) is 18.3 Å². The third kappa shape index (κ3) is 5.64. The molecule has 6 rings (SSSR count). The molecule has 0 radical (unpaired) electrons. The molecule has 0 saturated heterocycles. The van der Waals surface area contributed by atoms with E-state index in [4.69, 9.17) is 0 Å². The van der Waals surface area contributed by atoms with Crippen LogP contribution in [0.5, 0.6) is 5.75 Å². The van der Waals surface area contributed by atoms with Gasteiger partial charge in [0, 0.05) is 23.2 Å². The van der Waals surface area contributed by atoms with Crippen LogP contribution in [0.25, 0.3) is 0 Å². The van der Waals surface area contributed by atoms with Gasteiger partial charge in [0.15, 0.2) is 9.84 Å². The number of alkyl halides is 2. The number of allylic oxidation sites excluding steroid dienone is 1. The van der Waals surface area contributed by atoms with E-state index in [-0.39, 0.29) is 39.9 Å². The predicted octanol–water partition coefficient (Wildman–Crippen LogP) is 7.87. The number of benzene rings is 4. The van der Waals surface area contributed by atoms with E-state index in [0.29, 0.717) is 11.6 Å². The molecule has 0 aromatic heterocycles. The van der Waals surface area contributed by atoms with Crippen LogP contribution in [0.1, 0.15) is 53.4 Å². The van der Waals surface area contributed by atoms with Gasteiger partial charge in [-0.15, -0.1) is 0 Å². The number of anilines is 2. The highest BCUT2D eigenvalue weighted by Gasteiger charge is 2.48. The Labute approximate surface area is 263 Å². The molecule has 4 aromatic carbocycles. The second-order valence-corrected chi connectivity index (χ2v) is 14.4. The molecule has 2 aliphatic rings. The SMILES string of the molecule is CC1(C)CC2=C(C(c3ccc(C(F)(F)Cc4ccccc4)cc3F)N(C(=O)c3ccccc3F)c3cccc(O)c3N2)S(=O)(=O)C1. The first-order chi connectivity index (χ1) is 21.7. The van der Waals surface area contributed by atoms with Crippen LogP contribution in [-0.4, -0.2) is 25.2 Å². The van der Waals surface area contributed by atoms with Gasteiger partial charge in [0.05, 0.1) is 21.9 Å². The van der Waals surface area contributed by atoms with Crippen molar-refractivity contribution < 1.29 is 35.9 Å². The number of phenolic OH excluding ortho intramolecular Hbond substituents is 1. The number of para-hydroxylation sites is 1. The Kier molecular flexibility index (Phi) is 7.71. The van der Waals surface area contributed by atoms with E-state index in [1.165, 1.54) is 48.5 Å². The molecule has 46 heavy (non-hydrogen) atoms. The summed E-state index contributed by atoms with van der Waals surface area (Å²) in [5, 5.41) is 13.9. The maximum Gasteiger partial charge on any atom is 0.277 e. The molecule has 1 atom stereocenters. The minimum Gasteiger partial charge on any atom is -0.506 e. The summed E-state index contributed by atoms with van der Waals surface area (Å²) in [4.78, 5) is 14.9. The van der Waals surface area contributed by atoms with Crippen LogP contribution < -0.4 is 10.2 Å². The monoisotopic (exact) mass is 650 g/mol. The fraction of sp³-hybridized carbons (Fsp3) is 0.229. The zero-order valence-corrected chi connectivity index (χ0v) is 25.7. The van der Waals surface area contributed by atoms with Crippen LogP contribution in [0, 0.1) is 17.0 Å². The van der Waals surface area contributed by atoms with Crippen molar-refractivity contribution in [2.45, 2.75) is 38.7 Å². The molecule has 0 fully saturated rings. The third-order valence-corrected chi connectivity index (χ3v) is 10.5. The van der Waals surface area contributed by atoms with Gasteiger partial charge in [-0.1, -0.05) is 74.5 Å². The summed E-state index contributed by atoms with van der Waals surface area (Å²) in [5.41, 5.74) is -1.94. The maximum absolute atomic E-state index is 16.3. The van der Waals surface area contributed by atoms with Crippen molar-refractivity contribution in [2.24, 2.45) is 5.41 Å². The van der Waals surface area contributed by atoms with Crippen LogP contribution >= 0.6 is 0 Å². The smallest absolute Gasteiger partial charge is 0.277 e. The van der Waals surface area contributed by atoms with Crippen molar-refractivity contribution in [3.8, 4) is 5.75 Å². The van der Waals surface area contributed by atoms with Gasteiger partial charge in [-0.25, -0.2) is 26.0 Å². The summed E-state index contributed by atoms with van der Waals surface area (Å²) in [7, 11) is -4.26. The molecule has 0 saturated carbocycles. The van der Waals surface area contributed by atoms with Gasteiger partial charge in [-0.05, 0) is 47.7 Å². The number of halogens is 4. The number of sulfone groups is 1. The summed E-state index contributed by atoms with van der Waals surface area (Å²) in [6.45, 7) is 3.46. The number of phenols is 1. The van der Waals surface area contributed by atoms with Gasteiger partial charge in [-0.2, -0.15) is 0 Å². The van der Waals surface area contributed by atoms with Crippen LogP contribution in [0.4, 0.5) is 28.9 Å². The molecule has 0 bridgehead atoms. The summed E-state index contributed by atoms with van der Waals surface area (Å²) >= 11 is 0. The lowest BCUT2D eigenvalue weighted by Crippen LogP contribution is -2.41. The second kappa shape index (κ2) is 11.3. The molecule has 1 amide bonds. The summed E-state index contributed by atoms with van der Waals surface area (Å²) < 4.78 is 90.5. The van der Waals surface area contributed by atoms with Gasteiger partial charge in [-0.3, -0.25) is 9.69 Å². The molecule has 1 unspecified atom stereocenters. The average molecular weight is 651 g/mol. The van der Waals surface area contributed by atoms with Crippen LogP contribution in [-0.2, 0) is 22.2 Å². The topological polar surface area (TPSA) is 86.7 Å². The van der Waals surface area contributed by atoms with Crippen molar-refractivity contribution in [1.82, 2.24) is 0 Å². The van der Waals surface area contributed by atoms with Crippen molar-refractivity contribution >= 4 is 27.1 Å². The van der Waals surface area contributed by atoms with Gasteiger partial charge < -0.3 is 10.4 Å². The third-order valence-electron chi connectivity index (χ3n) is 8.24. The molecule has 11 heteroatoms. The molecule has 238 valence electrons. The standard InChI is InChI=1S/C35H30F4N2O4S/c1-34(2)19-27-32(46(44,45)20-34)31(23-16-15-22(17-26(23)37)35(38,39)18-21-9-4-3-5-10-21)41(28-13-8-14-29(42)30(28)40-27)33(43)24-11-6-7-12-25(24)36/h3-17,31,40,42H,18-20H2,1-2H3. The van der Waals surface area contributed by atoms with E-state index < -0.39 is 67.9 Å². The number of amides is 1. The molecule has 2 aliphatic heterocycles. The Hall–Kier alpha value is -4.64. The number of rotatable bonds is 5. The minimum absolute atomic E-state index is 0.0403. The zero-order chi connectivity index (χ0) is 33.0. The lowest BCUT2D eigenvalue weighted by molar-refractivity contribution is -0.00416. The van der Waals surface area contributed by atoms with Crippen LogP contribution in [0.2, 0.25) is 0 Å². The predicted molar refractivity (Wildman–Crippen MR) is 167 cm³/mol. The summed E-state index contributed by atoms with van der Waals surface area (Å²) in [5.74, 6) is -7.31. The highest BCUT2D eigenvalue weighted by molar-refractivity contribution is 7.95. The van der Waals surface area contributed by atoms with E-state index in [0.717, 1.165) is 23.1 Å². The Morgan fingerprint density at radius 3 is 2.35 bits per heavy atom. The van der Waals surface area contributed by atoms with E-state index in [1.807, 2.05) is 0 Å². The molecule has 0 aliphatic carbocycles. The van der Waals surface area contributed by atoms with E-state index in [1.54, 1.807) is 32.0 Å².